The summed E-state index contributed by atoms with van der Waals surface area (Å²) >= 11 is 0. The van der Waals surface area contributed by atoms with Crippen LogP contribution in [0.15, 0.2) is 0 Å². The number of hydrogen-bond acceptors (Lipinski definition) is 1. The highest BCUT2D eigenvalue weighted by Gasteiger charge is 2.29. The highest BCUT2D eigenvalue weighted by Crippen LogP contribution is 2.21. The van der Waals surface area contributed by atoms with Gasteiger partial charge in [0.25, 0.3) is 0 Å². The minimum atomic E-state index is 0.815. The van der Waals surface area contributed by atoms with Crippen molar-refractivity contribution in [3.63, 3.8) is 0 Å². The Morgan fingerprint density at radius 2 is 2.33 bits per heavy atom. The molecular formula is C8H17N. The van der Waals surface area contributed by atoms with Crippen molar-refractivity contribution < 1.29 is 0 Å². The van der Waals surface area contributed by atoms with E-state index >= 15 is 0 Å². The maximum atomic E-state index is 3.45. The number of rotatable bonds is 2. The summed E-state index contributed by atoms with van der Waals surface area (Å²) in [4.78, 5) is 0. The third-order valence-corrected chi connectivity index (χ3v) is 2.55. The average Bonchev–Trinajstić information content (AvgIpc) is 1.84. The fourth-order valence-electron chi connectivity index (χ4n) is 1.51. The van der Waals surface area contributed by atoms with E-state index in [4.69, 9.17) is 0 Å². The summed E-state index contributed by atoms with van der Waals surface area (Å²) < 4.78 is 0. The van der Waals surface area contributed by atoms with Gasteiger partial charge in [-0.1, -0.05) is 27.2 Å². The molecule has 3 unspecified atom stereocenters. The van der Waals surface area contributed by atoms with Gasteiger partial charge in [0.1, 0.15) is 0 Å². The van der Waals surface area contributed by atoms with Gasteiger partial charge in [0.15, 0.2) is 0 Å². The van der Waals surface area contributed by atoms with Crippen molar-refractivity contribution in [2.75, 3.05) is 6.54 Å². The van der Waals surface area contributed by atoms with Crippen LogP contribution in [-0.4, -0.2) is 12.6 Å². The van der Waals surface area contributed by atoms with E-state index in [1.54, 1.807) is 0 Å². The van der Waals surface area contributed by atoms with Gasteiger partial charge in [-0.25, -0.2) is 0 Å². The second-order valence-electron chi connectivity index (χ2n) is 3.30. The molecule has 0 spiro atoms. The quantitative estimate of drug-likeness (QED) is 0.594. The lowest BCUT2D eigenvalue weighted by Crippen LogP contribution is -2.54. The van der Waals surface area contributed by atoms with Crippen LogP contribution in [-0.2, 0) is 0 Å². The Morgan fingerprint density at radius 1 is 1.67 bits per heavy atom. The second-order valence-corrected chi connectivity index (χ2v) is 3.30. The Morgan fingerprint density at radius 3 is 2.44 bits per heavy atom. The van der Waals surface area contributed by atoms with Crippen LogP contribution < -0.4 is 5.32 Å². The van der Waals surface area contributed by atoms with Gasteiger partial charge in [-0.05, 0) is 18.4 Å². The average molecular weight is 127 g/mol. The zero-order valence-electron chi connectivity index (χ0n) is 6.65. The largest absolute Gasteiger partial charge is 0.313 e. The molecule has 1 heterocycles. The van der Waals surface area contributed by atoms with Gasteiger partial charge in [0, 0.05) is 6.04 Å². The van der Waals surface area contributed by atoms with Gasteiger partial charge in [0.05, 0.1) is 0 Å². The van der Waals surface area contributed by atoms with Crippen molar-refractivity contribution in [3.05, 3.63) is 0 Å². The summed E-state index contributed by atoms with van der Waals surface area (Å²) in [5.41, 5.74) is 0. The van der Waals surface area contributed by atoms with Gasteiger partial charge in [0.2, 0.25) is 0 Å². The Bertz CT molecular complexity index is 90.6. The van der Waals surface area contributed by atoms with E-state index in [1.807, 2.05) is 0 Å². The second kappa shape index (κ2) is 2.70. The maximum Gasteiger partial charge on any atom is 0.0130 e. The van der Waals surface area contributed by atoms with Gasteiger partial charge in [-0.2, -0.15) is 0 Å². The van der Waals surface area contributed by atoms with Crippen LogP contribution in [0.3, 0.4) is 0 Å². The molecule has 1 rings (SSSR count). The van der Waals surface area contributed by atoms with Crippen LogP contribution in [0.5, 0.6) is 0 Å². The van der Waals surface area contributed by atoms with Crippen molar-refractivity contribution in [1.29, 1.82) is 0 Å². The third-order valence-electron chi connectivity index (χ3n) is 2.55. The van der Waals surface area contributed by atoms with E-state index < -0.39 is 0 Å². The smallest absolute Gasteiger partial charge is 0.0130 e. The lowest BCUT2D eigenvalue weighted by molar-refractivity contribution is 0.182. The first kappa shape index (κ1) is 7.07. The minimum absolute atomic E-state index is 0.815. The van der Waals surface area contributed by atoms with Crippen LogP contribution in [0.2, 0.25) is 0 Å². The zero-order valence-corrected chi connectivity index (χ0v) is 6.65. The van der Waals surface area contributed by atoms with E-state index in [1.165, 1.54) is 13.0 Å². The molecule has 1 nitrogen and oxygen atoms in total. The molecule has 0 aromatic carbocycles. The lowest BCUT2D eigenvalue weighted by atomic mass is 9.83. The first-order valence-electron chi connectivity index (χ1n) is 3.99. The summed E-state index contributed by atoms with van der Waals surface area (Å²) in [7, 11) is 0. The van der Waals surface area contributed by atoms with Crippen LogP contribution in [0.4, 0.5) is 0 Å². The summed E-state index contributed by atoms with van der Waals surface area (Å²) in [5.74, 6) is 1.79. The van der Waals surface area contributed by atoms with E-state index in [2.05, 4.69) is 26.1 Å². The summed E-state index contributed by atoms with van der Waals surface area (Å²) in [6, 6.07) is 0.815. The van der Waals surface area contributed by atoms with Gasteiger partial charge in [-0.15, -0.1) is 0 Å². The molecule has 0 amide bonds. The standard InChI is InChI=1S/C8H17N/c1-4-6(2)8-7(3)5-9-8/h6-9H,4-5H2,1-3H3. The molecule has 1 N–H and O–H groups in total. The molecule has 0 bridgehead atoms. The molecule has 1 aliphatic heterocycles. The summed E-state index contributed by atoms with van der Waals surface area (Å²) in [5, 5.41) is 3.45. The van der Waals surface area contributed by atoms with Crippen LogP contribution in [0.1, 0.15) is 27.2 Å². The Kier molecular flexibility index (Phi) is 2.12. The van der Waals surface area contributed by atoms with Crippen molar-refractivity contribution >= 4 is 0 Å². The number of nitrogens with one attached hydrogen (secondary N) is 1. The van der Waals surface area contributed by atoms with Crippen molar-refractivity contribution in [1.82, 2.24) is 5.32 Å². The molecule has 1 fully saturated rings. The first-order valence-corrected chi connectivity index (χ1v) is 3.99. The Hall–Kier alpha value is -0.0400. The highest BCUT2D eigenvalue weighted by atomic mass is 15.0. The molecule has 0 aromatic rings. The maximum absolute atomic E-state index is 3.45. The van der Waals surface area contributed by atoms with Gasteiger partial charge >= 0.3 is 0 Å². The molecule has 1 heteroatoms. The van der Waals surface area contributed by atoms with Crippen molar-refractivity contribution in [2.24, 2.45) is 11.8 Å². The molecule has 54 valence electrons. The normalized spacial score (nSPS) is 37.7. The van der Waals surface area contributed by atoms with Gasteiger partial charge < -0.3 is 5.32 Å². The molecule has 3 atom stereocenters. The fourth-order valence-corrected chi connectivity index (χ4v) is 1.51. The minimum Gasteiger partial charge on any atom is -0.313 e. The SMILES string of the molecule is CCC(C)C1NCC1C. The molecule has 1 aliphatic rings. The molecule has 9 heavy (non-hydrogen) atoms. The van der Waals surface area contributed by atoms with Crippen LogP contribution >= 0.6 is 0 Å². The lowest BCUT2D eigenvalue weighted by Gasteiger charge is -2.39. The Balaban J connectivity index is 2.25. The fraction of sp³-hybridized carbons (Fsp3) is 1.00. The van der Waals surface area contributed by atoms with Crippen molar-refractivity contribution in [3.8, 4) is 0 Å². The summed E-state index contributed by atoms with van der Waals surface area (Å²) in [6.45, 7) is 8.15. The zero-order chi connectivity index (χ0) is 6.85. The predicted molar refractivity (Wildman–Crippen MR) is 40.4 cm³/mol. The number of hydrogen-bond donors (Lipinski definition) is 1. The Labute approximate surface area is 57.8 Å². The van der Waals surface area contributed by atoms with Crippen molar-refractivity contribution in [2.45, 2.75) is 33.2 Å². The van der Waals surface area contributed by atoms with E-state index in [9.17, 15) is 0 Å². The molecule has 0 radical (unpaired) electrons. The predicted octanol–water partition coefficient (Wildman–Crippen LogP) is 1.64. The third kappa shape index (κ3) is 1.26. The van der Waals surface area contributed by atoms with Gasteiger partial charge in [-0.3, -0.25) is 0 Å². The molecule has 0 aromatic heterocycles. The van der Waals surface area contributed by atoms with E-state index in [-0.39, 0.29) is 0 Å². The molecule has 0 aliphatic carbocycles. The molecule has 0 saturated carbocycles. The van der Waals surface area contributed by atoms with Crippen LogP contribution in [0.25, 0.3) is 0 Å². The highest BCUT2D eigenvalue weighted by molar-refractivity contribution is 4.87. The van der Waals surface area contributed by atoms with E-state index in [0.29, 0.717) is 0 Å². The van der Waals surface area contributed by atoms with Crippen LogP contribution in [0, 0.1) is 11.8 Å². The monoisotopic (exact) mass is 127 g/mol. The first-order chi connectivity index (χ1) is 4.25. The topological polar surface area (TPSA) is 12.0 Å². The summed E-state index contributed by atoms with van der Waals surface area (Å²) in [6.07, 6.45) is 1.31. The van der Waals surface area contributed by atoms with E-state index in [0.717, 1.165) is 17.9 Å². The molecule has 1 saturated heterocycles. The molecular weight excluding hydrogens is 110 g/mol.